The van der Waals surface area contributed by atoms with Crippen LogP contribution in [0.2, 0.25) is 0 Å². The third-order valence-corrected chi connectivity index (χ3v) is 10.4. The summed E-state index contributed by atoms with van der Waals surface area (Å²) in [4.78, 5) is 31.8. The third-order valence-electron chi connectivity index (χ3n) is 10.4. The van der Waals surface area contributed by atoms with E-state index in [2.05, 4.69) is 79.0 Å². The van der Waals surface area contributed by atoms with E-state index in [-0.39, 0.29) is 22.2 Å². The van der Waals surface area contributed by atoms with Gasteiger partial charge in [0.05, 0.1) is 0 Å². The highest BCUT2D eigenvalue weighted by molar-refractivity contribution is 5.99. The summed E-state index contributed by atoms with van der Waals surface area (Å²) in [5, 5.41) is 21.8. The van der Waals surface area contributed by atoms with Gasteiger partial charge >= 0.3 is 11.9 Å². The Balaban J connectivity index is 2.45. The van der Waals surface area contributed by atoms with Crippen LogP contribution >= 0.6 is 0 Å². The SMILES string of the molecule is CCCCCCN1C(C)(C)CC(C(C(=O)O)(C(=O)O)C2CC(C)(C)N(CCCCCC)C(C)(C)C2)CC1(C)C. The van der Waals surface area contributed by atoms with Crippen LogP contribution in [0.4, 0.5) is 0 Å². The fourth-order valence-electron chi connectivity index (χ4n) is 9.01. The molecule has 0 saturated carbocycles. The van der Waals surface area contributed by atoms with Gasteiger partial charge in [0.15, 0.2) is 5.41 Å². The molecular formula is C33H62N2O4. The van der Waals surface area contributed by atoms with E-state index in [0.29, 0.717) is 25.7 Å². The lowest BCUT2D eigenvalue weighted by molar-refractivity contribution is -0.192. The first kappa shape index (κ1) is 34.1. The molecule has 0 radical (unpaired) electrons. The van der Waals surface area contributed by atoms with E-state index in [4.69, 9.17) is 0 Å². The third kappa shape index (κ3) is 7.20. The summed E-state index contributed by atoms with van der Waals surface area (Å²) in [5.41, 5.74) is -2.91. The van der Waals surface area contributed by atoms with Crippen LogP contribution in [0, 0.1) is 17.3 Å². The Morgan fingerprint density at radius 1 is 0.590 bits per heavy atom. The molecule has 0 aliphatic carbocycles. The summed E-state index contributed by atoms with van der Waals surface area (Å²) in [7, 11) is 0. The van der Waals surface area contributed by atoms with Gasteiger partial charge in [-0.05, 0) is 119 Å². The summed E-state index contributed by atoms with van der Waals surface area (Å²) in [6.07, 6.45) is 11.8. The molecule has 0 aromatic carbocycles. The second-order valence-electron chi connectivity index (χ2n) is 15.4. The number of likely N-dealkylation sites (tertiary alicyclic amines) is 2. The smallest absolute Gasteiger partial charge is 0.321 e. The molecule has 0 aromatic rings. The fourth-order valence-corrected chi connectivity index (χ4v) is 9.01. The van der Waals surface area contributed by atoms with Crippen LogP contribution in [0.1, 0.15) is 146 Å². The van der Waals surface area contributed by atoms with Gasteiger partial charge in [0.25, 0.3) is 0 Å². The minimum absolute atomic E-state index is 0.278. The van der Waals surface area contributed by atoms with Crippen molar-refractivity contribution in [2.24, 2.45) is 17.3 Å². The van der Waals surface area contributed by atoms with Gasteiger partial charge in [-0.15, -0.1) is 0 Å². The summed E-state index contributed by atoms with van der Waals surface area (Å²) in [6.45, 7) is 23.9. The minimum Gasteiger partial charge on any atom is -0.480 e. The van der Waals surface area contributed by atoms with Crippen LogP contribution in [0.5, 0.6) is 0 Å². The normalized spacial score (nSPS) is 24.1. The minimum atomic E-state index is -1.80. The Kier molecular flexibility index (Phi) is 11.2. The van der Waals surface area contributed by atoms with Crippen LogP contribution in [0.15, 0.2) is 0 Å². The monoisotopic (exact) mass is 550 g/mol. The first-order valence-corrected chi connectivity index (χ1v) is 15.9. The number of hydrogen-bond acceptors (Lipinski definition) is 4. The topological polar surface area (TPSA) is 81.1 Å². The zero-order chi connectivity index (χ0) is 29.9. The fraction of sp³-hybridized carbons (Fsp3) is 0.939. The number of carbonyl (C=O) groups is 2. The standard InChI is InChI=1S/C33H62N2O4/c1-11-13-15-17-19-34-29(3,4)21-25(22-30(34,5)6)33(27(36)37,28(38)39)26-23-31(7,8)35(32(9,10)24-26)20-18-16-14-12-2/h25-26H,11-24H2,1-10H3,(H,36,37)(H,38,39). The van der Waals surface area contributed by atoms with Gasteiger partial charge in [0.1, 0.15) is 0 Å². The first-order chi connectivity index (χ1) is 17.9. The summed E-state index contributed by atoms with van der Waals surface area (Å²) in [6, 6.07) is 0. The van der Waals surface area contributed by atoms with E-state index in [1.165, 1.54) is 38.5 Å². The van der Waals surface area contributed by atoms with Gasteiger partial charge in [-0.25, -0.2) is 0 Å². The molecule has 2 aliphatic rings. The largest absolute Gasteiger partial charge is 0.480 e. The molecule has 0 spiro atoms. The van der Waals surface area contributed by atoms with E-state index in [9.17, 15) is 19.8 Å². The van der Waals surface area contributed by atoms with Crippen molar-refractivity contribution in [3.8, 4) is 0 Å². The number of aliphatic carboxylic acids is 2. The van der Waals surface area contributed by atoms with Gasteiger partial charge in [0, 0.05) is 22.2 Å². The summed E-state index contributed by atoms with van der Waals surface area (Å²) in [5.74, 6) is -3.15. The van der Waals surface area contributed by atoms with E-state index in [1.807, 2.05) is 0 Å². The molecule has 6 nitrogen and oxygen atoms in total. The molecule has 2 fully saturated rings. The Labute approximate surface area is 240 Å². The highest BCUT2D eigenvalue weighted by atomic mass is 16.4. The van der Waals surface area contributed by atoms with Crippen molar-refractivity contribution in [2.45, 2.75) is 168 Å². The van der Waals surface area contributed by atoms with E-state index in [0.717, 1.165) is 25.9 Å². The van der Waals surface area contributed by atoms with Gasteiger partial charge < -0.3 is 10.2 Å². The van der Waals surface area contributed by atoms with Gasteiger partial charge in [-0.2, -0.15) is 0 Å². The molecule has 39 heavy (non-hydrogen) atoms. The molecule has 0 amide bonds. The number of carboxylic acids is 2. The second-order valence-corrected chi connectivity index (χ2v) is 15.4. The molecule has 0 unspecified atom stereocenters. The highest BCUT2D eigenvalue weighted by Gasteiger charge is 2.65. The van der Waals surface area contributed by atoms with Gasteiger partial charge in [-0.1, -0.05) is 52.4 Å². The van der Waals surface area contributed by atoms with Crippen LogP contribution in [-0.4, -0.2) is 67.2 Å². The summed E-state index contributed by atoms with van der Waals surface area (Å²) < 4.78 is 0. The molecule has 228 valence electrons. The Bertz CT molecular complexity index is 728. The number of piperidine rings is 2. The molecule has 6 heteroatoms. The number of unbranched alkanes of at least 4 members (excludes halogenated alkanes) is 6. The number of carboxylic acid groups (broad SMARTS) is 2. The maximum absolute atomic E-state index is 13.3. The Hall–Kier alpha value is -1.14. The quantitative estimate of drug-likeness (QED) is 0.169. The van der Waals surface area contributed by atoms with Crippen molar-refractivity contribution in [1.82, 2.24) is 9.80 Å². The average Bonchev–Trinajstić information content (AvgIpc) is 2.75. The molecular weight excluding hydrogens is 488 g/mol. The number of nitrogens with zero attached hydrogens (tertiary/aromatic N) is 2. The van der Waals surface area contributed by atoms with Gasteiger partial charge in [0.2, 0.25) is 0 Å². The lowest BCUT2D eigenvalue weighted by Gasteiger charge is -2.61. The summed E-state index contributed by atoms with van der Waals surface area (Å²) >= 11 is 0. The lowest BCUT2D eigenvalue weighted by Crippen LogP contribution is -2.68. The first-order valence-electron chi connectivity index (χ1n) is 15.9. The van der Waals surface area contributed by atoms with Crippen molar-refractivity contribution in [3.05, 3.63) is 0 Å². The van der Waals surface area contributed by atoms with Crippen molar-refractivity contribution in [3.63, 3.8) is 0 Å². The molecule has 2 aliphatic heterocycles. The predicted octanol–water partition coefficient (Wildman–Crippen LogP) is 7.84. The molecule has 0 aromatic heterocycles. The zero-order valence-electron chi connectivity index (χ0n) is 27.2. The molecule has 2 saturated heterocycles. The highest BCUT2D eigenvalue weighted by Crippen LogP contribution is 2.57. The average molecular weight is 551 g/mol. The zero-order valence-corrected chi connectivity index (χ0v) is 27.2. The predicted molar refractivity (Wildman–Crippen MR) is 161 cm³/mol. The van der Waals surface area contributed by atoms with Crippen LogP contribution in [0.3, 0.4) is 0 Å². The molecule has 2 heterocycles. The van der Waals surface area contributed by atoms with Gasteiger partial charge in [-0.3, -0.25) is 19.4 Å². The molecule has 2 N–H and O–H groups in total. The van der Waals surface area contributed by atoms with Crippen LogP contribution < -0.4 is 0 Å². The Morgan fingerprint density at radius 2 is 0.872 bits per heavy atom. The van der Waals surface area contributed by atoms with Crippen molar-refractivity contribution >= 4 is 11.9 Å². The maximum Gasteiger partial charge on any atom is 0.321 e. The van der Waals surface area contributed by atoms with Crippen LogP contribution in [0.25, 0.3) is 0 Å². The second kappa shape index (κ2) is 12.8. The number of hydrogen-bond donors (Lipinski definition) is 2. The Morgan fingerprint density at radius 3 is 1.10 bits per heavy atom. The van der Waals surface area contributed by atoms with E-state index < -0.39 is 29.2 Å². The number of rotatable bonds is 14. The lowest BCUT2D eigenvalue weighted by atomic mass is 9.53. The van der Waals surface area contributed by atoms with Crippen LogP contribution in [-0.2, 0) is 9.59 Å². The van der Waals surface area contributed by atoms with Crippen molar-refractivity contribution < 1.29 is 19.8 Å². The van der Waals surface area contributed by atoms with E-state index in [1.54, 1.807) is 0 Å². The van der Waals surface area contributed by atoms with E-state index >= 15 is 0 Å². The van der Waals surface area contributed by atoms with Crippen molar-refractivity contribution in [2.75, 3.05) is 13.1 Å². The maximum atomic E-state index is 13.3. The molecule has 0 bridgehead atoms. The molecule has 0 atom stereocenters. The molecule has 2 rings (SSSR count). The van der Waals surface area contributed by atoms with Crippen molar-refractivity contribution in [1.29, 1.82) is 0 Å².